The van der Waals surface area contributed by atoms with Crippen LogP contribution in [0.2, 0.25) is 5.02 Å². The fourth-order valence-electron chi connectivity index (χ4n) is 3.40. The van der Waals surface area contributed by atoms with Crippen LogP contribution in [0.25, 0.3) is 0 Å². The maximum Gasteiger partial charge on any atom is 0.241 e. The summed E-state index contributed by atoms with van der Waals surface area (Å²) in [5.41, 5.74) is 6.60. The van der Waals surface area contributed by atoms with Gasteiger partial charge in [0.15, 0.2) is 5.82 Å². The molecule has 1 aromatic carbocycles. The zero-order valence-corrected chi connectivity index (χ0v) is 16.7. The minimum atomic E-state index is -0.0646. The van der Waals surface area contributed by atoms with Gasteiger partial charge in [-0.05, 0) is 25.0 Å². The van der Waals surface area contributed by atoms with Gasteiger partial charge < -0.3 is 26.0 Å². The van der Waals surface area contributed by atoms with Gasteiger partial charge in [-0.25, -0.2) is 9.97 Å². The molecule has 2 heterocycles. The zero-order chi connectivity index (χ0) is 21.0. The third-order valence-electron chi connectivity index (χ3n) is 4.93. The number of benzene rings is 1. The van der Waals surface area contributed by atoms with Crippen LogP contribution in [0.5, 0.6) is 5.75 Å². The highest BCUT2D eigenvalue weighted by Crippen LogP contribution is 2.25. The number of likely N-dealkylation sites (tertiary alicyclic amines) is 1. The molecule has 1 aliphatic rings. The normalized spacial score (nSPS) is 16.2. The number of anilines is 3. The van der Waals surface area contributed by atoms with E-state index in [2.05, 4.69) is 21.4 Å². The number of phenols is 1. The number of piperidine rings is 1. The maximum atomic E-state index is 12.7. The van der Waals surface area contributed by atoms with Crippen LogP contribution in [0.1, 0.15) is 18.4 Å². The SMILES string of the molecule is CN(c1ncnc(N)c1C#N)C1CCCN(C(=O)CNc2cc(O)cc(Cl)c2)C1. The number of nitrogen functional groups attached to an aromatic ring is 1. The summed E-state index contributed by atoms with van der Waals surface area (Å²) in [7, 11) is 1.84. The van der Waals surface area contributed by atoms with Gasteiger partial charge in [-0.2, -0.15) is 5.26 Å². The van der Waals surface area contributed by atoms with E-state index in [0.29, 0.717) is 29.6 Å². The molecule has 29 heavy (non-hydrogen) atoms. The monoisotopic (exact) mass is 415 g/mol. The Kier molecular flexibility index (Phi) is 6.24. The van der Waals surface area contributed by atoms with Crippen LogP contribution < -0.4 is 16.0 Å². The van der Waals surface area contributed by atoms with Crippen LogP contribution in [0.3, 0.4) is 0 Å². The molecule has 0 bridgehead atoms. The van der Waals surface area contributed by atoms with Gasteiger partial charge in [0.25, 0.3) is 0 Å². The van der Waals surface area contributed by atoms with Crippen LogP contribution in [-0.4, -0.2) is 58.6 Å². The summed E-state index contributed by atoms with van der Waals surface area (Å²) >= 11 is 5.92. The molecule has 0 saturated carbocycles. The van der Waals surface area contributed by atoms with E-state index in [1.807, 2.05) is 11.9 Å². The lowest BCUT2D eigenvalue weighted by Crippen LogP contribution is -2.50. The third kappa shape index (κ3) is 4.78. The first kappa shape index (κ1) is 20.5. The smallest absolute Gasteiger partial charge is 0.241 e. The lowest BCUT2D eigenvalue weighted by molar-refractivity contribution is -0.130. The van der Waals surface area contributed by atoms with Crippen molar-refractivity contribution in [1.29, 1.82) is 5.26 Å². The molecule has 0 radical (unpaired) electrons. The fourth-order valence-corrected chi connectivity index (χ4v) is 3.63. The number of aromatic nitrogens is 2. The predicted octanol–water partition coefficient (Wildman–Crippen LogP) is 1.83. The summed E-state index contributed by atoms with van der Waals surface area (Å²) in [5, 5.41) is 22.4. The number of aromatic hydroxyl groups is 1. The molecule has 2 aromatic rings. The van der Waals surface area contributed by atoms with Crippen molar-refractivity contribution < 1.29 is 9.90 Å². The number of amides is 1. The average Bonchev–Trinajstić information content (AvgIpc) is 2.70. The largest absolute Gasteiger partial charge is 0.508 e. The Bertz CT molecular complexity index is 926. The van der Waals surface area contributed by atoms with Crippen LogP contribution in [-0.2, 0) is 4.79 Å². The second-order valence-electron chi connectivity index (χ2n) is 6.87. The number of rotatable bonds is 5. The molecule has 1 saturated heterocycles. The molecular formula is C19H22ClN7O2. The van der Waals surface area contributed by atoms with Gasteiger partial charge >= 0.3 is 0 Å². The number of halogens is 1. The minimum Gasteiger partial charge on any atom is -0.508 e. The van der Waals surface area contributed by atoms with E-state index in [4.69, 9.17) is 17.3 Å². The number of hydrogen-bond acceptors (Lipinski definition) is 8. The van der Waals surface area contributed by atoms with Crippen LogP contribution in [0.4, 0.5) is 17.3 Å². The van der Waals surface area contributed by atoms with E-state index in [0.717, 1.165) is 12.8 Å². The molecule has 10 heteroatoms. The molecule has 1 atom stereocenters. The van der Waals surface area contributed by atoms with Gasteiger partial charge in [-0.3, -0.25) is 4.79 Å². The van der Waals surface area contributed by atoms with Crippen molar-refractivity contribution >= 4 is 34.8 Å². The number of carbonyl (C=O) groups excluding carboxylic acids is 1. The van der Waals surface area contributed by atoms with E-state index in [-0.39, 0.29) is 35.6 Å². The topological polar surface area (TPSA) is 131 Å². The summed E-state index contributed by atoms with van der Waals surface area (Å²) in [6, 6.07) is 6.63. The van der Waals surface area contributed by atoms with Crippen molar-refractivity contribution in [2.24, 2.45) is 0 Å². The number of likely N-dealkylation sites (N-methyl/N-ethyl adjacent to an activating group) is 1. The molecule has 0 spiro atoms. The molecule has 1 aromatic heterocycles. The molecule has 1 unspecified atom stereocenters. The van der Waals surface area contributed by atoms with Crippen molar-refractivity contribution in [3.8, 4) is 11.8 Å². The first-order chi connectivity index (χ1) is 13.9. The lowest BCUT2D eigenvalue weighted by Gasteiger charge is -2.38. The predicted molar refractivity (Wildman–Crippen MR) is 111 cm³/mol. The highest BCUT2D eigenvalue weighted by atomic mass is 35.5. The highest BCUT2D eigenvalue weighted by Gasteiger charge is 2.28. The number of nitrogens with two attached hydrogens (primary N) is 1. The quantitative estimate of drug-likeness (QED) is 0.673. The number of phenolic OH excluding ortho intramolecular Hbond substituents is 1. The number of hydrogen-bond donors (Lipinski definition) is 3. The molecule has 9 nitrogen and oxygen atoms in total. The molecule has 1 amide bonds. The number of nitrogens with one attached hydrogen (secondary N) is 1. The second-order valence-corrected chi connectivity index (χ2v) is 7.30. The van der Waals surface area contributed by atoms with E-state index in [1.165, 1.54) is 18.5 Å². The molecule has 1 fully saturated rings. The van der Waals surface area contributed by atoms with Gasteiger partial charge in [0, 0.05) is 43.0 Å². The van der Waals surface area contributed by atoms with E-state index in [1.54, 1.807) is 11.0 Å². The minimum absolute atomic E-state index is 0.00399. The Hall–Kier alpha value is -3.25. The Morgan fingerprint density at radius 1 is 1.48 bits per heavy atom. The summed E-state index contributed by atoms with van der Waals surface area (Å²) < 4.78 is 0. The fraction of sp³-hybridized carbons (Fsp3) is 0.368. The van der Waals surface area contributed by atoms with Crippen molar-refractivity contribution in [3.05, 3.63) is 35.1 Å². The number of nitrogens with zero attached hydrogens (tertiary/aromatic N) is 5. The molecule has 4 N–H and O–H groups in total. The third-order valence-corrected chi connectivity index (χ3v) is 5.14. The number of nitriles is 1. The van der Waals surface area contributed by atoms with Crippen LogP contribution in [0, 0.1) is 11.3 Å². The Morgan fingerprint density at radius 2 is 2.28 bits per heavy atom. The van der Waals surface area contributed by atoms with Gasteiger partial charge in [-0.1, -0.05) is 11.6 Å². The van der Waals surface area contributed by atoms with Gasteiger partial charge in [0.2, 0.25) is 5.91 Å². The Labute approximate surface area is 173 Å². The van der Waals surface area contributed by atoms with Crippen molar-refractivity contribution in [2.45, 2.75) is 18.9 Å². The first-order valence-corrected chi connectivity index (χ1v) is 9.51. The molecule has 0 aliphatic carbocycles. The van der Waals surface area contributed by atoms with Crippen LogP contribution >= 0.6 is 11.6 Å². The molecule has 3 rings (SSSR count). The second kappa shape index (κ2) is 8.84. The molecular weight excluding hydrogens is 394 g/mol. The van der Waals surface area contributed by atoms with Crippen molar-refractivity contribution in [2.75, 3.05) is 42.6 Å². The van der Waals surface area contributed by atoms with Crippen molar-refractivity contribution in [1.82, 2.24) is 14.9 Å². The maximum absolute atomic E-state index is 12.7. The Morgan fingerprint density at radius 3 is 3.00 bits per heavy atom. The van der Waals surface area contributed by atoms with E-state index in [9.17, 15) is 15.2 Å². The van der Waals surface area contributed by atoms with Crippen LogP contribution in [0.15, 0.2) is 24.5 Å². The van der Waals surface area contributed by atoms with Gasteiger partial charge in [-0.15, -0.1) is 0 Å². The van der Waals surface area contributed by atoms with Gasteiger partial charge in [0.05, 0.1) is 6.54 Å². The van der Waals surface area contributed by atoms with Gasteiger partial charge in [0.1, 0.15) is 29.5 Å². The lowest BCUT2D eigenvalue weighted by atomic mass is 10.0. The summed E-state index contributed by atoms with van der Waals surface area (Å²) in [6.45, 7) is 1.25. The van der Waals surface area contributed by atoms with Crippen molar-refractivity contribution in [3.63, 3.8) is 0 Å². The molecule has 1 aliphatic heterocycles. The van der Waals surface area contributed by atoms with E-state index < -0.39 is 0 Å². The number of carbonyl (C=O) groups is 1. The zero-order valence-electron chi connectivity index (χ0n) is 16.0. The van der Waals surface area contributed by atoms with E-state index >= 15 is 0 Å². The summed E-state index contributed by atoms with van der Waals surface area (Å²) in [4.78, 5) is 24.4. The highest BCUT2D eigenvalue weighted by molar-refractivity contribution is 6.31. The standard InChI is InChI=1S/C19H22ClN7O2/c1-26(19-16(8-21)18(22)24-11-25-19)14-3-2-4-27(10-14)17(29)9-23-13-5-12(20)6-15(28)7-13/h5-7,11,14,23,28H,2-4,9-10H2,1H3,(H2,22,24,25). The first-order valence-electron chi connectivity index (χ1n) is 9.13. The summed E-state index contributed by atoms with van der Waals surface area (Å²) in [5.74, 6) is 0.573. The average molecular weight is 416 g/mol. The summed E-state index contributed by atoms with van der Waals surface area (Å²) in [6.07, 6.45) is 3.03. The Balaban J connectivity index is 1.65. The molecule has 152 valence electrons.